The summed E-state index contributed by atoms with van der Waals surface area (Å²) in [6, 6.07) is 6.69. The van der Waals surface area contributed by atoms with Crippen LogP contribution in [-0.2, 0) is 10.0 Å². The van der Waals surface area contributed by atoms with Gasteiger partial charge in [0.1, 0.15) is 4.90 Å². The number of halogens is 1. The molecule has 0 unspecified atom stereocenters. The maximum absolute atomic E-state index is 12.1. The molecular weight excluding hydrogens is 302 g/mol. The molecule has 0 saturated carbocycles. The summed E-state index contributed by atoms with van der Waals surface area (Å²) in [7, 11) is -4.04. The zero-order valence-corrected chi connectivity index (χ0v) is 12.4. The first kappa shape index (κ1) is 14.5. The van der Waals surface area contributed by atoms with E-state index in [9.17, 15) is 13.2 Å². The Morgan fingerprint density at radius 2 is 1.95 bits per heavy atom. The van der Waals surface area contributed by atoms with Crippen LogP contribution in [0.2, 0.25) is 5.02 Å². The largest absolute Gasteiger partial charge is 0.356 e. The molecule has 0 aliphatic carbocycles. The van der Waals surface area contributed by atoms with Gasteiger partial charge in [-0.05, 0) is 32.0 Å². The van der Waals surface area contributed by atoms with Gasteiger partial charge in [-0.15, -0.1) is 0 Å². The minimum absolute atomic E-state index is 0.0427. The lowest BCUT2D eigenvalue weighted by Crippen LogP contribution is -2.35. The van der Waals surface area contributed by atoms with Crippen LogP contribution in [0.3, 0.4) is 0 Å². The molecule has 106 valence electrons. The van der Waals surface area contributed by atoms with Crippen molar-refractivity contribution < 1.29 is 13.2 Å². The van der Waals surface area contributed by atoms with Crippen LogP contribution in [0.25, 0.3) is 0 Å². The molecule has 0 radical (unpaired) electrons. The fourth-order valence-electron chi connectivity index (χ4n) is 1.71. The van der Waals surface area contributed by atoms with Crippen LogP contribution >= 0.6 is 11.6 Å². The van der Waals surface area contributed by atoms with Crippen molar-refractivity contribution in [1.82, 2.24) is 14.5 Å². The van der Waals surface area contributed by atoms with Crippen molar-refractivity contribution in [3.8, 4) is 0 Å². The van der Waals surface area contributed by atoms with E-state index in [4.69, 9.17) is 11.6 Å². The third-order valence-electron chi connectivity index (χ3n) is 2.55. The zero-order valence-electron chi connectivity index (χ0n) is 10.8. The quantitative estimate of drug-likeness (QED) is 0.920. The number of carbonyl (C=O) groups is 1. The lowest BCUT2D eigenvalue weighted by atomic mass is 10.4. The van der Waals surface area contributed by atoms with E-state index in [2.05, 4.69) is 5.10 Å². The Morgan fingerprint density at radius 3 is 2.50 bits per heavy atom. The molecule has 8 heteroatoms. The van der Waals surface area contributed by atoms with Crippen LogP contribution in [0.5, 0.6) is 0 Å². The Hall–Kier alpha value is -1.86. The molecule has 2 aromatic rings. The summed E-state index contributed by atoms with van der Waals surface area (Å²) < 4.78 is 27.1. The zero-order chi connectivity index (χ0) is 14.9. The van der Waals surface area contributed by atoms with Crippen LogP contribution in [0.15, 0.2) is 35.2 Å². The average Bonchev–Trinajstić information content (AvgIpc) is 2.68. The van der Waals surface area contributed by atoms with Gasteiger partial charge in [0, 0.05) is 5.69 Å². The Kier molecular flexibility index (Phi) is 3.82. The maximum Gasteiger partial charge on any atom is 0.356 e. The topological polar surface area (TPSA) is 81.1 Å². The number of nitrogens with one attached hydrogen (secondary N) is 1. The van der Waals surface area contributed by atoms with E-state index in [-0.39, 0.29) is 9.92 Å². The number of aryl methyl sites for hydroxylation is 2. The molecule has 20 heavy (non-hydrogen) atoms. The van der Waals surface area contributed by atoms with Gasteiger partial charge in [-0.2, -0.15) is 9.78 Å². The van der Waals surface area contributed by atoms with Crippen LogP contribution < -0.4 is 4.72 Å². The maximum atomic E-state index is 12.1. The van der Waals surface area contributed by atoms with Crippen LogP contribution in [-0.4, -0.2) is 24.2 Å². The molecule has 0 fully saturated rings. The number of rotatable bonds is 2. The highest BCUT2D eigenvalue weighted by Crippen LogP contribution is 2.20. The third kappa shape index (κ3) is 2.83. The highest BCUT2D eigenvalue weighted by atomic mass is 35.5. The predicted octanol–water partition coefficient (Wildman–Crippen LogP) is 2.10. The van der Waals surface area contributed by atoms with Gasteiger partial charge in [0.15, 0.2) is 0 Å². The lowest BCUT2D eigenvalue weighted by Gasteiger charge is -2.08. The van der Waals surface area contributed by atoms with E-state index in [1.54, 1.807) is 26.0 Å². The molecule has 1 aromatic heterocycles. The molecule has 2 rings (SSSR count). The highest BCUT2D eigenvalue weighted by molar-refractivity contribution is 7.90. The van der Waals surface area contributed by atoms with Gasteiger partial charge < -0.3 is 0 Å². The minimum Gasteiger partial charge on any atom is -0.245 e. The van der Waals surface area contributed by atoms with Crippen LogP contribution in [0.1, 0.15) is 11.4 Å². The Bertz CT molecular complexity index is 768. The smallest absolute Gasteiger partial charge is 0.245 e. The second-order valence-electron chi connectivity index (χ2n) is 4.18. The summed E-state index contributed by atoms with van der Waals surface area (Å²) in [5.41, 5.74) is 1.15. The van der Waals surface area contributed by atoms with Gasteiger partial charge in [0.2, 0.25) is 0 Å². The number of sulfonamides is 1. The van der Waals surface area contributed by atoms with Gasteiger partial charge in [-0.25, -0.2) is 17.9 Å². The van der Waals surface area contributed by atoms with Crippen molar-refractivity contribution in [2.24, 2.45) is 0 Å². The number of nitrogens with zero attached hydrogens (tertiary/aromatic N) is 2. The summed E-state index contributed by atoms with van der Waals surface area (Å²) in [5, 5.41) is 3.96. The monoisotopic (exact) mass is 313 g/mol. The van der Waals surface area contributed by atoms with E-state index in [1.165, 1.54) is 18.2 Å². The summed E-state index contributed by atoms with van der Waals surface area (Å²) in [5.74, 6) is 0. The second kappa shape index (κ2) is 5.26. The first-order valence-corrected chi connectivity index (χ1v) is 7.52. The molecule has 1 aromatic carbocycles. The van der Waals surface area contributed by atoms with Crippen molar-refractivity contribution in [2.45, 2.75) is 18.7 Å². The highest BCUT2D eigenvalue weighted by Gasteiger charge is 2.22. The van der Waals surface area contributed by atoms with Crippen molar-refractivity contribution in [2.75, 3.05) is 0 Å². The summed E-state index contributed by atoms with van der Waals surface area (Å²) in [6.07, 6.45) is 0. The van der Waals surface area contributed by atoms with E-state index < -0.39 is 16.1 Å². The predicted molar refractivity (Wildman–Crippen MR) is 74.3 cm³/mol. The third-order valence-corrected chi connectivity index (χ3v) is 4.37. The summed E-state index contributed by atoms with van der Waals surface area (Å²) in [4.78, 5) is 11.8. The second-order valence-corrected chi connectivity index (χ2v) is 6.24. The normalized spacial score (nSPS) is 11.3. The lowest BCUT2D eigenvalue weighted by molar-refractivity contribution is 0.244. The van der Waals surface area contributed by atoms with Crippen molar-refractivity contribution in [1.29, 1.82) is 0 Å². The number of carbonyl (C=O) groups excluding carboxylic acids is 1. The van der Waals surface area contributed by atoms with Crippen LogP contribution in [0, 0.1) is 13.8 Å². The number of aromatic nitrogens is 2. The molecule has 0 bridgehead atoms. The van der Waals surface area contributed by atoms with Gasteiger partial charge in [-0.1, -0.05) is 23.7 Å². The molecule has 0 spiro atoms. The first-order valence-electron chi connectivity index (χ1n) is 5.66. The molecule has 0 aliphatic heterocycles. The standard InChI is InChI=1S/C12H12ClN3O3S/c1-8-7-9(2)16(14-8)12(17)15-20(18,19)11-6-4-3-5-10(11)13/h3-7H,1-2H3,(H,15,17). The van der Waals surface area contributed by atoms with Gasteiger partial charge >= 0.3 is 6.03 Å². The fourth-order valence-corrected chi connectivity index (χ4v) is 3.16. The molecule has 0 atom stereocenters. The number of hydrogen-bond donors (Lipinski definition) is 1. The number of amides is 1. The van der Waals surface area contributed by atoms with E-state index in [0.29, 0.717) is 11.4 Å². The Balaban J connectivity index is 2.32. The molecular formula is C12H12ClN3O3S. The van der Waals surface area contributed by atoms with Gasteiger partial charge in [0.05, 0.1) is 10.7 Å². The SMILES string of the molecule is Cc1cc(C)n(C(=O)NS(=O)(=O)c2ccccc2Cl)n1. The Labute approximate surface area is 121 Å². The van der Waals surface area contributed by atoms with E-state index in [0.717, 1.165) is 4.68 Å². The average molecular weight is 314 g/mol. The fraction of sp³-hybridized carbons (Fsp3) is 0.167. The number of benzene rings is 1. The minimum atomic E-state index is -4.04. The number of hydrogen-bond acceptors (Lipinski definition) is 4. The van der Waals surface area contributed by atoms with Gasteiger partial charge in [-0.3, -0.25) is 0 Å². The Morgan fingerprint density at radius 1 is 1.30 bits per heavy atom. The van der Waals surface area contributed by atoms with Crippen molar-refractivity contribution in [3.63, 3.8) is 0 Å². The van der Waals surface area contributed by atoms with Gasteiger partial charge in [0.25, 0.3) is 10.0 Å². The first-order chi connectivity index (χ1) is 9.31. The summed E-state index contributed by atoms with van der Waals surface area (Å²) >= 11 is 5.82. The van der Waals surface area contributed by atoms with E-state index >= 15 is 0 Å². The summed E-state index contributed by atoms with van der Waals surface area (Å²) in [6.45, 7) is 3.36. The van der Waals surface area contributed by atoms with Crippen molar-refractivity contribution in [3.05, 3.63) is 46.7 Å². The molecule has 0 aliphatic rings. The van der Waals surface area contributed by atoms with Crippen LogP contribution in [0.4, 0.5) is 4.79 Å². The molecule has 0 saturated heterocycles. The molecule has 1 amide bonds. The van der Waals surface area contributed by atoms with Crippen molar-refractivity contribution >= 4 is 27.7 Å². The molecule has 6 nitrogen and oxygen atoms in total. The molecule has 1 heterocycles. The molecule has 1 N–H and O–H groups in total. The van der Waals surface area contributed by atoms with E-state index in [1.807, 2.05) is 4.72 Å².